The summed E-state index contributed by atoms with van der Waals surface area (Å²) in [4.78, 5) is 27.0. The lowest BCUT2D eigenvalue weighted by molar-refractivity contribution is -0.131. The predicted molar refractivity (Wildman–Crippen MR) is 71.1 cm³/mol. The van der Waals surface area contributed by atoms with Crippen molar-refractivity contribution < 1.29 is 14.7 Å². The molecule has 0 aliphatic rings. The van der Waals surface area contributed by atoms with E-state index < -0.39 is 5.97 Å². The zero-order valence-electron chi connectivity index (χ0n) is 10.5. The number of nitrogens with zero attached hydrogens (tertiary/aromatic N) is 2. The van der Waals surface area contributed by atoms with Crippen LogP contribution in [0.3, 0.4) is 0 Å². The molecule has 0 aliphatic heterocycles. The highest BCUT2D eigenvalue weighted by Gasteiger charge is 2.14. The number of aryl methyl sites for hydroxylation is 1. The molecule has 0 radical (unpaired) electrons. The van der Waals surface area contributed by atoms with Crippen LogP contribution in [0.15, 0.2) is 36.4 Å². The third-order valence-corrected chi connectivity index (χ3v) is 2.69. The lowest BCUT2D eigenvalue weighted by Gasteiger charge is -2.03. The van der Waals surface area contributed by atoms with Gasteiger partial charge in [0.05, 0.1) is 11.0 Å². The summed E-state index contributed by atoms with van der Waals surface area (Å²) in [5.41, 5.74) is 1.44. The molecule has 0 fully saturated rings. The number of benzene rings is 1. The summed E-state index contributed by atoms with van der Waals surface area (Å²) in [6.07, 6.45) is 3.42. The van der Waals surface area contributed by atoms with Crippen LogP contribution in [0.5, 0.6) is 0 Å². The van der Waals surface area contributed by atoms with Gasteiger partial charge >= 0.3 is 5.97 Å². The molecule has 1 heterocycles. The number of carbonyl (C=O) groups is 2. The van der Waals surface area contributed by atoms with E-state index >= 15 is 0 Å². The average molecular weight is 258 g/mol. The molecule has 0 spiro atoms. The SMILES string of the molecule is CCCc1nc2ccccc2n1C(=O)/C=C\C(=O)O. The molecule has 0 amide bonds. The van der Waals surface area contributed by atoms with Gasteiger partial charge in [-0.1, -0.05) is 19.1 Å². The maximum Gasteiger partial charge on any atom is 0.328 e. The summed E-state index contributed by atoms with van der Waals surface area (Å²) in [6.45, 7) is 2.00. The quantitative estimate of drug-likeness (QED) is 0.854. The van der Waals surface area contributed by atoms with Crippen molar-refractivity contribution in [3.05, 3.63) is 42.2 Å². The van der Waals surface area contributed by atoms with Gasteiger partial charge in [0, 0.05) is 18.6 Å². The maximum atomic E-state index is 12.1. The van der Waals surface area contributed by atoms with Crippen LogP contribution in [0.25, 0.3) is 11.0 Å². The largest absolute Gasteiger partial charge is 0.478 e. The van der Waals surface area contributed by atoms with Crippen molar-refractivity contribution in [2.75, 3.05) is 0 Å². The van der Waals surface area contributed by atoms with Gasteiger partial charge in [-0.2, -0.15) is 0 Å². The molecule has 1 N–H and O–H groups in total. The van der Waals surface area contributed by atoms with E-state index in [4.69, 9.17) is 5.11 Å². The van der Waals surface area contributed by atoms with E-state index in [0.717, 1.165) is 24.1 Å². The van der Waals surface area contributed by atoms with Crippen LogP contribution in [0.2, 0.25) is 0 Å². The zero-order valence-corrected chi connectivity index (χ0v) is 10.5. The standard InChI is InChI=1S/C14H14N2O3/c1-2-5-12-15-10-6-3-4-7-11(10)16(12)13(17)8-9-14(18)19/h3-4,6-9H,2,5H2,1H3,(H,18,19)/b9-8-. The third kappa shape index (κ3) is 2.70. The smallest absolute Gasteiger partial charge is 0.328 e. The highest BCUT2D eigenvalue weighted by Crippen LogP contribution is 2.17. The van der Waals surface area contributed by atoms with Gasteiger partial charge in [0.1, 0.15) is 5.82 Å². The number of hydrogen-bond acceptors (Lipinski definition) is 3. The Morgan fingerprint density at radius 3 is 2.74 bits per heavy atom. The fraction of sp³-hybridized carbons (Fsp3) is 0.214. The van der Waals surface area contributed by atoms with Crippen LogP contribution in [0.1, 0.15) is 24.0 Å². The van der Waals surface area contributed by atoms with Gasteiger partial charge in [-0.05, 0) is 18.6 Å². The fourth-order valence-corrected chi connectivity index (χ4v) is 1.93. The molecule has 1 aromatic heterocycles. The number of carbonyl (C=O) groups excluding carboxylic acids is 1. The lowest BCUT2D eigenvalue weighted by Crippen LogP contribution is -2.12. The summed E-state index contributed by atoms with van der Waals surface area (Å²) in [5, 5.41) is 8.58. The summed E-state index contributed by atoms with van der Waals surface area (Å²) < 4.78 is 1.47. The van der Waals surface area contributed by atoms with Gasteiger partial charge < -0.3 is 5.11 Å². The Hall–Kier alpha value is -2.43. The first kappa shape index (κ1) is 13.0. The molecule has 0 unspecified atom stereocenters. The number of aromatic nitrogens is 2. The first-order chi connectivity index (χ1) is 9.13. The van der Waals surface area contributed by atoms with Crippen molar-refractivity contribution in [3.63, 3.8) is 0 Å². The van der Waals surface area contributed by atoms with Crippen LogP contribution in [0, 0.1) is 0 Å². The molecule has 2 rings (SSSR count). The molecule has 5 heteroatoms. The minimum Gasteiger partial charge on any atom is -0.478 e. The number of allylic oxidation sites excluding steroid dienone is 1. The van der Waals surface area contributed by atoms with E-state index in [9.17, 15) is 9.59 Å². The topological polar surface area (TPSA) is 72.2 Å². The Bertz CT molecular complexity index is 656. The Morgan fingerprint density at radius 1 is 1.32 bits per heavy atom. The van der Waals surface area contributed by atoms with Crippen molar-refractivity contribution in [1.29, 1.82) is 0 Å². The second kappa shape index (κ2) is 5.48. The maximum absolute atomic E-state index is 12.1. The number of hydrogen-bond donors (Lipinski definition) is 1. The lowest BCUT2D eigenvalue weighted by atomic mass is 10.3. The summed E-state index contributed by atoms with van der Waals surface area (Å²) in [5.74, 6) is -0.877. The van der Waals surface area contributed by atoms with Crippen molar-refractivity contribution in [3.8, 4) is 0 Å². The summed E-state index contributed by atoms with van der Waals surface area (Å²) >= 11 is 0. The molecule has 19 heavy (non-hydrogen) atoms. The zero-order chi connectivity index (χ0) is 13.8. The molecule has 0 bridgehead atoms. The minimum atomic E-state index is -1.14. The van der Waals surface area contributed by atoms with Crippen molar-refractivity contribution in [2.45, 2.75) is 19.8 Å². The molecule has 0 saturated heterocycles. The van der Waals surface area contributed by atoms with Crippen LogP contribution >= 0.6 is 0 Å². The van der Waals surface area contributed by atoms with E-state index in [2.05, 4.69) is 4.98 Å². The normalized spacial score (nSPS) is 11.2. The number of aliphatic carboxylic acids is 1. The van der Waals surface area contributed by atoms with Gasteiger partial charge in [0.2, 0.25) is 0 Å². The Labute approximate surface area is 110 Å². The first-order valence-electron chi connectivity index (χ1n) is 6.05. The molecular weight excluding hydrogens is 244 g/mol. The van der Waals surface area contributed by atoms with E-state index in [0.29, 0.717) is 17.8 Å². The average Bonchev–Trinajstić information content (AvgIpc) is 2.74. The highest BCUT2D eigenvalue weighted by atomic mass is 16.4. The van der Waals surface area contributed by atoms with E-state index in [1.165, 1.54) is 4.57 Å². The number of carboxylic acids is 1. The second-order valence-corrected chi connectivity index (χ2v) is 4.11. The number of fused-ring (bicyclic) bond motifs is 1. The number of para-hydroxylation sites is 2. The monoisotopic (exact) mass is 258 g/mol. The van der Waals surface area contributed by atoms with Gasteiger partial charge in [0.15, 0.2) is 0 Å². The third-order valence-electron chi connectivity index (χ3n) is 2.69. The molecule has 0 atom stereocenters. The Morgan fingerprint density at radius 2 is 2.05 bits per heavy atom. The van der Waals surface area contributed by atoms with E-state index in [-0.39, 0.29) is 5.91 Å². The second-order valence-electron chi connectivity index (χ2n) is 4.11. The molecule has 5 nitrogen and oxygen atoms in total. The Kier molecular flexibility index (Phi) is 3.75. The first-order valence-corrected chi connectivity index (χ1v) is 6.05. The van der Waals surface area contributed by atoms with Crippen LogP contribution < -0.4 is 0 Å². The fourth-order valence-electron chi connectivity index (χ4n) is 1.93. The van der Waals surface area contributed by atoms with E-state index in [1.807, 2.05) is 25.1 Å². The van der Waals surface area contributed by atoms with Crippen LogP contribution in [-0.2, 0) is 11.2 Å². The van der Waals surface area contributed by atoms with Crippen molar-refractivity contribution in [2.24, 2.45) is 0 Å². The van der Waals surface area contributed by atoms with Crippen molar-refractivity contribution in [1.82, 2.24) is 9.55 Å². The molecule has 0 saturated carbocycles. The number of rotatable bonds is 4. The number of imidazole rings is 1. The molecule has 98 valence electrons. The summed E-state index contributed by atoms with van der Waals surface area (Å²) in [6, 6.07) is 7.31. The van der Waals surface area contributed by atoms with Crippen LogP contribution in [0.4, 0.5) is 0 Å². The van der Waals surface area contributed by atoms with Gasteiger partial charge in [-0.25, -0.2) is 9.78 Å². The van der Waals surface area contributed by atoms with Gasteiger partial charge in [-0.3, -0.25) is 9.36 Å². The Balaban J connectivity index is 2.52. The highest BCUT2D eigenvalue weighted by molar-refractivity contribution is 6.00. The molecule has 2 aromatic rings. The summed E-state index contributed by atoms with van der Waals surface area (Å²) in [7, 11) is 0. The van der Waals surface area contributed by atoms with Gasteiger partial charge in [-0.15, -0.1) is 0 Å². The van der Waals surface area contributed by atoms with Crippen molar-refractivity contribution >= 4 is 22.9 Å². The van der Waals surface area contributed by atoms with Crippen LogP contribution in [-0.4, -0.2) is 26.5 Å². The van der Waals surface area contributed by atoms with E-state index in [1.54, 1.807) is 6.07 Å². The number of carboxylic acid groups (broad SMARTS) is 1. The molecular formula is C14H14N2O3. The molecule has 1 aromatic carbocycles. The predicted octanol–water partition coefficient (Wildman–Crippen LogP) is 2.27. The molecule has 0 aliphatic carbocycles. The minimum absolute atomic E-state index is 0.389. The van der Waals surface area contributed by atoms with Gasteiger partial charge in [0.25, 0.3) is 5.91 Å².